The summed E-state index contributed by atoms with van der Waals surface area (Å²) in [6.45, 7) is 8.23. The summed E-state index contributed by atoms with van der Waals surface area (Å²) < 4.78 is 27.1. The first-order valence-electron chi connectivity index (χ1n) is 9.38. The molecule has 7 heteroatoms. The fourth-order valence-corrected chi connectivity index (χ4v) is 3.05. The first-order valence-corrected chi connectivity index (χ1v) is 9.38. The van der Waals surface area contributed by atoms with Crippen LogP contribution >= 0.6 is 0 Å². The number of anilines is 1. The number of nitrogens with one attached hydrogen (secondary N) is 2. The van der Waals surface area contributed by atoms with Gasteiger partial charge in [0.15, 0.2) is 5.96 Å². The molecule has 5 nitrogen and oxygen atoms in total. The summed E-state index contributed by atoms with van der Waals surface area (Å²) >= 11 is 0. The lowest BCUT2D eigenvalue weighted by molar-refractivity contribution is 0.0418. The summed E-state index contributed by atoms with van der Waals surface area (Å²) in [6, 6.07) is 3.78. The minimum Gasteiger partial charge on any atom is -0.388 e. The molecule has 146 valence electrons. The van der Waals surface area contributed by atoms with Gasteiger partial charge in [-0.15, -0.1) is 0 Å². The van der Waals surface area contributed by atoms with E-state index in [-0.39, 0.29) is 6.04 Å². The summed E-state index contributed by atoms with van der Waals surface area (Å²) in [5.74, 6) is -0.456. The molecule has 0 spiro atoms. The van der Waals surface area contributed by atoms with Gasteiger partial charge in [-0.3, -0.25) is 4.99 Å². The van der Waals surface area contributed by atoms with Crippen LogP contribution < -0.4 is 15.5 Å². The van der Waals surface area contributed by atoms with Gasteiger partial charge in [0.1, 0.15) is 11.6 Å². The Morgan fingerprint density at radius 1 is 1.31 bits per heavy atom. The van der Waals surface area contributed by atoms with Crippen LogP contribution in [0.5, 0.6) is 0 Å². The Balaban J connectivity index is 1.99. The molecule has 1 fully saturated rings. The second-order valence-corrected chi connectivity index (χ2v) is 6.80. The number of hydrogen-bond donors (Lipinski definition) is 3. The number of benzene rings is 1. The van der Waals surface area contributed by atoms with E-state index >= 15 is 0 Å². The maximum absolute atomic E-state index is 14.0. The molecule has 2 rings (SSSR count). The van der Waals surface area contributed by atoms with Crippen LogP contribution in [0.4, 0.5) is 14.5 Å². The third-order valence-corrected chi connectivity index (χ3v) is 4.97. The highest BCUT2D eigenvalue weighted by Crippen LogP contribution is 2.24. The number of guanidine groups is 1. The lowest BCUT2D eigenvalue weighted by Gasteiger charge is -2.24. The van der Waals surface area contributed by atoms with Crippen LogP contribution in [0, 0.1) is 11.6 Å². The molecule has 3 N–H and O–H groups in total. The summed E-state index contributed by atoms with van der Waals surface area (Å²) in [7, 11) is 0. The number of halogens is 2. The number of aliphatic hydroxyl groups is 1. The Morgan fingerprint density at radius 2 is 2.04 bits per heavy atom. The Hall–Kier alpha value is -1.89. The Kier molecular flexibility index (Phi) is 7.20. The molecule has 0 bridgehead atoms. The largest absolute Gasteiger partial charge is 0.388 e. The van der Waals surface area contributed by atoms with Gasteiger partial charge in [0, 0.05) is 31.7 Å². The molecule has 1 aromatic carbocycles. The van der Waals surface area contributed by atoms with Crippen molar-refractivity contribution in [1.29, 1.82) is 0 Å². The highest BCUT2D eigenvalue weighted by molar-refractivity contribution is 5.80. The molecule has 1 unspecified atom stereocenters. The molecule has 1 saturated heterocycles. The van der Waals surface area contributed by atoms with Gasteiger partial charge in [0.05, 0.1) is 17.8 Å². The Bertz CT molecular complexity index is 620. The molecule has 1 aliphatic heterocycles. The van der Waals surface area contributed by atoms with Crippen molar-refractivity contribution < 1.29 is 13.9 Å². The molecule has 1 atom stereocenters. The van der Waals surface area contributed by atoms with Crippen LogP contribution in [0.2, 0.25) is 0 Å². The van der Waals surface area contributed by atoms with Crippen molar-refractivity contribution in [2.45, 2.75) is 51.7 Å². The van der Waals surface area contributed by atoms with Crippen molar-refractivity contribution in [2.75, 3.05) is 31.1 Å². The molecular formula is C19H30F2N4O. The van der Waals surface area contributed by atoms with Gasteiger partial charge in [0.2, 0.25) is 0 Å². The van der Waals surface area contributed by atoms with E-state index in [0.717, 1.165) is 12.5 Å². The normalized spacial score (nSPS) is 18.3. The van der Waals surface area contributed by atoms with Crippen molar-refractivity contribution in [3.8, 4) is 0 Å². The number of aliphatic imine (C=N–C) groups is 1. The van der Waals surface area contributed by atoms with Crippen LogP contribution in [-0.2, 0) is 0 Å². The van der Waals surface area contributed by atoms with Crippen molar-refractivity contribution >= 4 is 11.6 Å². The molecular weight excluding hydrogens is 338 g/mol. The quantitative estimate of drug-likeness (QED) is 0.512. The first-order chi connectivity index (χ1) is 12.4. The van der Waals surface area contributed by atoms with Gasteiger partial charge < -0.3 is 20.6 Å². The third kappa shape index (κ3) is 5.30. The van der Waals surface area contributed by atoms with E-state index in [9.17, 15) is 13.9 Å². The van der Waals surface area contributed by atoms with E-state index in [2.05, 4.69) is 15.6 Å². The maximum atomic E-state index is 14.0. The van der Waals surface area contributed by atoms with E-state index < -0.39 is 17.2 Å². The highest BCUT2D eigenvalue weighted by atomic mass is 19.1. The summed E-state index contributed by atoms with van der Waals surface area (Å²) in [5.41, 5.74) is -0.370. The standard InChI is InChI=1S/C19H30F2N4O/c1-4-19(26,5-2)13-23-18(22-6-3)24-15-9-10-25(12-15)17-8-7-14(20)11-16(17)21/h7-8,11,15,26H,4-6,9-10,12-13H2,1-3H3,(H2,22,23,24). The second-order valence-electron chi connectivity index (χ2n) is 6.80. The van der Waals surface area contributed by atoms with Crippen molar-refractivity contribution in [3.05, 3.63) is 29.8 Å². The van der Waals surface area contributed by atoms with Crippen LogP contribution in [-0.4, -0.2) is 48.9 Å². The van der Waals surface area contributed by atoms with Gasteiger partial charge in [-0.25, -0.2) is 8.78 Å². The smallest absolute Gasteiger partial charge is 0.191 e. The first kappa shape index (κ1) is 20.4. The molecule has 0 aromatic heterocycles. The molecule has 1 aromatic rings. The SMILES string of the molecule is CCNC(=NCC(O)(CC)CC)NC1CCN(c2ccc(F)cc2F)C1. The molecule has 0 amide bonds. The summed E-state index contributed by atoms with van der Waals surface area (Å²) in [5, 5.41) is 17.0. The number of hydrogen-bond acceptors (Lipinski definition) is 3. The maximum Gasteiger partial charge on any atom is 0.191 e. The topological polar surface area (TPSA) is 59.9 Å². The Labute approximate surface area is 154 Å². The minimum absolute atomic E-state index is 0.105. The Morgan fingerprint density at radius 3 is 2.65 bits per heavy atom. The fourth-order valence-electron chi connectivity index (χ4n) is 3.05. The average molecular weight is 368 g/mol. The van der Waals surface area contributed by atoms with Gasteiger partial charge in [-0.05, 0) is 38.3 Å². The van der Waals surface area contributed by atoms with Crippen LogP contribution in [0.25, 0.3) is 0 Å². The van der Waals surface area contributed by atoms with Crippen molar-refractivity contribution in [3.63, 3.8) is 0 Å². The van der Waals surface area contributed by atoms with Gasteiger partial charge in [-0.1, -0.05) is 13.8 Å². The van der Waals surface area contributed by atoms with Crippen LogP contribution in [0.15, 0.2) is 23.2 Å². The van der Waals surface area contributed by atoms with E-state index in [1.807, 2.05) is 25.7 Å². The molecule has 26 heavy (non-hydrogen) atoms. The minimum atomic E-state index is -0.790. The number of nitrogens with zero attached hydrogens (tertiary/aromatic N) is 2. The van der Waals surface area contributed by atoms with Gasteiger partial charge in [0.25, 0.3) is 0 Å². The fraction of sp³-hybridized carbons (Fsp3) is 0.632. The molecule has 0 saturated carbocycles. The monoisotopic (exact) mass is 368 g/mol. The zero-order valence-electron chi connectivity index (χ0n) is 15.9. The van der Waals surface area contributed by atoms with Crippen LogP contribution in [0.3, 0.4) is 0 Å². The molecule has 1 heterocycles. The van der Waals surface area contributed by atoms with Crippen LogP contribution in [0.1, 0.15) is 40.0 Å². The predicted molar refractivity (Wildman–Crippen MR) is 102 cm³/mol. The van der Waals surface area contributed by atoms with E-state index in [1.165, 1.54) is 12.1 Å². The molecule has 1 aliphatic rings. The lowest BCUT2D eigenvalue weighted by atomic mass is 9.98. The second kappa shape index (κ2) is 9.16. The van der Waals surface area contributed by atoms with E-state index in [1.54, 1.807) is 0 Å². The highest BCUT2D eigenvalue weighted by Gasteiger charge is 2.26. The third-order valence-electron chi connectivity index (χ3n) is 4.97. The van der Waals surface area contributed by atoms with Crippen molar-refractivity contribution in [1.82, 2.24) is 10.6 Å². The average Bonchev–Trinajstić information content (AvgIpc) is 3.08. The molecule has 0 radical (unpaired) electrons. The van der Waals surface area contributed by atoms with Gasteiger partial charge >= 0.3 is 0 Å². The summed E-state index contributed by atoms with van der Waals surface area (Å²) in [6.07, 6.45) is 2.12. The van der Waals surface area contributed by atoms with E-state index in [4.69, 9.17) is 0 Å². The zero-order valence-corrected chi connectivity index (χ0v) is 15.9. The summed E-state index contributed by atoms with van der Waals surface area (Å²) in [4.78, 5) is 6.43. The van der Waals surface area contributed by atoms with Gasteiger partial charge in [-0.2, -0.15) is 0 Å². The number of rotatable bonds is 7. The van der Waals surface area contributed by atoms with E-state index in [0.29, 0.717) is 50.7 Å². The predicted octanol–water partition coefficient (Wildman–Crippen LogP) is 2.65. The zero-order chi connectivity index (χ0) is 19.2. The molecule has 0 aliphatic carbocycles. The van der Waals surface area contributed by atoms with Crippen molar-refractivity contribution in [2.24, 2.45) is 4.99 Å². The lowest BCUT2D eigenvalue weighted by Crippen LogP contribution is -2.45.